The van der Waals surface area contributed by atoms with Crippen LogP contribution in [0.5, 0.6) is 11.5 Å². The summed E-state index contributed by atoms with van der Waals surface area (Å²) in [5.74, 6) is -4.66. The molecule has 8 N–H and O–H groups in total. The maximum atomic E-state index is 11.4. The third-order valence-corrected chi connectivity index (χ3v) is 6.85. The summed E-state index contributed by atoms with van der Waals surface area (Å²) in [4.78, 5) is 58.2. The van der Waals surface area contributed by atoms with Gasteiger partial charge in [0.15, 0.2) is 0 Å². The van der Waals surface area contributed by atoms with Gasteiger partial charge in [-0.2, -0.15) is 35.4 Å². The number of anilines is 5. The molecule has 4 rings (SSSR count). The predicted molar refractivity (Wildman–Crippen MR) is 199 cm³/mol. The topological polar surface area (TPSA) is 312 Å². The van der Waals surface area contributed by atoms with Crippen molar-refractivity contribution in [1.82, 2.24) is 15.0 Å². The lowest BCUT2D eigenvalue weighted by Crippen LogP contribution is -2.12. The van der Waals surface area contributed by atoms with E-state index in [2.05, 4.69) is 57.9 Å². The minimum atomic E-state index is -1.39. The Balaban J connectivity index is 1.57. The second kappa shape index (κ2) is 19.1. The minimum absolute atomic E-state index is 0.00579. The van der Waals surface area contributed by atoms with Crippen LogP contribution >= 0.6 is 0 Å². The summed E-state index contributed by atoms with van der Waals surface area (Å²) < 4.78 is 11.0. The number of allylic oxidation sites excluding steroid dienone is 1. The maximum absolute atomic E-state index is 11.4. The zero-order chi connectivity index (χ0) is 40.8. The first kappa shape index (κ1) is 40.7. The molecule has 0 spiro atoms. The van der Waals surface area contributed by atoms with Crippen LogP contribution in [0, 0.1) is 0 Å². The van der Waals surface area contributed by atoms with Gasteiger partial charge in [0, 0.05) is 24.8 Å². The molecule has 0 saturated carbocycles. The van der Waals surface area contributed by atoms with Crippen molar-refractivity contribution < 1.29 is 54.2 Å². The second-order valence-corrected chi connectivity index (χ2v) is 10.8. The van der Waals surface area contributed by atoms with Gasteiger partial charge in [-0.05, 0) is 54.6 Å². The van der Waals surface area contributed by atoms with Crippen molar-refractivity contribution in [2.45, 2.75) is 0 Å². The molecule has 4 aromatic rings. The van der Waals surface area contributed by atoms with Crippen LogP contribution in [0.15, 0.2) is 111 Å². The molecule has 288 valence electrons. The van der Waals surface area contributed by atoms with Crippen LogP contribution in [0.25, 0.3) is 0 Å². The van der Waals surface area contributed by atoms with Crippen LogP contribution in [0.1, 0.15) is 20.7 Å². The average molecular weight is 769 g/mol. The minimum Gasteiger partial charge on any atom is -0.494 e. The molecular formula is C35H32N10O11. The Bertz CT molecular complexity index is 2260. The van der Waals surface area contributed by atoms with E-state index in [4.69, 9.17) is 14.6 Å². The van der Waals surface area contributed by atoms with E-state index in [0.717, 1.165) is 18.2 Å². The number of hydrogen-bond acceptors (Lipinski definition) is 17. The molecule has 21 heteroatoms. The van der Waals surface area contributed by atoms with Gasteiger partial charge in [0.25, 0.3) is 0 Å². The molecule has 0 aliphatic rings. The number of aliphatic hydroxyl groups is 1. The third-order valence-electron chi connectivity index (χ3n) is 6.85. The van der Waals surface area contributed by atoms with Crippen LogP contribution in [-0.2, 0) is 9.59 Å². The first-order valence-corrected chi connectivity index (χ1v) is 15.8. The summed E-state index contributed by atoms with van der Waals surface area (Å²) in [6.07, 6.45) is 2.60. The number of benzene rings is 3. The fourth-order valence-electron chi connectivity index (χ4n) is 4.37. The number of carbonyl (C=O) groups is 4. The van der Waals surface area contributed by atoms with E-state index in [0.29, 0.717) is 17.5 Å². The summed E-state index contributed by atoms with van der Waals surface area (Å²) in [5.41, 5.74) is 0.369. The normalized spacial score (nSPS) is 11.4. The molecule has 1 aromatic heterocycles. The Labute approximate surface area is 316 Å². The number of hydrogen-bond donors (Lipinski definition) is 8. The van der Waals surface area contributed by atoms with Crippen LogP contribution in [-0.4, -0.2) is 91.7 Å². The number of rotatable bonds is 19. The SMILES string of the molecule is C=C(/C=C(\C=C\C(=O)O)C(=O)O)N=Nc1ccc(Nc2nc(NCCO)nc(Nc3ccc(N=Nc4cc(C(=O)O)cc(C(=O)O)c4)cc3OC)n2)c(OC)c1. The molecular weight excluding hydrogens is 736 g/mol. The number of aromatic carboxylic acids is 2. The molecule has 0 radical (unpaired) electrons. The summed E-state index contributed by atoms with van der Waals surface area (Å²) in [7, 11) is 2.81. The van der Waals surface area contributed by atoms with Crippen molar-refractivity contribution in [3.8, 4) is 11.5 Å². The van der Waals surface area contributed by atoms with Gasteiger partial charge in [0.05, 0.1) is 71.7 Å². The fourth-order valence-corrected chi connectivity index (χ4v) is 4.37. The summed E-state index contributed by atoms with van der Waals surface area (Å²) >= 11 is 0. The standard InChI is InChI=1S/C35H32N10O11/c1-18(12-19(30(49)50)4-9-29(47)48)42-43-22-5-7-25(27(16-22)55-2)37-34-39-33(36-10-11-46)40-35(41-34)38-26-8-6-23(17-28(26)56-3)44-45-24-14-20(31(51)52)13-21(15-24)32(53)54/h4-9,12-17,46H,1,10-11H2,2-3H3,(H,47,48)(H,49,50)(H,51,52)(H,53,54)(H3,36,37,38,39,40,41)/b9-4+,19-12+,43-42?,45-44?. The summed E-state index contributed by atoms with van der Waals surface area (Å²) in [6, 6.07) is 12.7. The first-order valence-electron chi connectivity index (χ1n) is 15.8. The number of aliphatic hydroxyl groups excluding tert-OH is 1. The molecule has 0 amide bonds. The average Bonchev–Trinajstić information content (AvgIpc) is 3.17. The quantitative estimate of drug-likeness (QED) is 0.0315. The van der Waals surface area contributed by atoms with E-state index in [1.165, 1.54) is 38.5 Å². The number of nitrogens with zero attached hydrogens (tertiary/aromatic N) is 7. The Morgan fingerprint density at radius 2 is 1.23 bits per heavy atom. The smallest absolute Gasteiger partial charge is 0.335 e. The van der Waals surface area contributed by atoms with Gasteiger partial charge in [-0.3, -0.25) is 0 Å². The van der Waals surface area contributed by atoms with Gasteiger partial charge in [0.1, 0.15) is 11.5 Å². The lowest BCUT2D eigenvalue weighted by atomic mass is 10.1. The number of azo groups is 2. The molecule has 0 unspecified atom stereocenters. The van der Waals surface area contributed by atoms with Crippen LogP contribution in [0.3, 0.4) is 0 Å². The Morgan fingerprint density at radius 3 is 1.71 bits per heavy atom. The number of methoxy groups -OCH3 is 2. The second-order valence-electron chi connectivity index (χ2n) is 10.8. The van der Waals surface area contributed by atoms with E-state index in [-0.39, 0.29) is 82.0 Å². The number of ether oxygens (including phenoxy) is 2. The van der Waals surface area contributed by atoms with Crippen LogP contribution in [0.2, 0.25) is 0 Å². The molecule has 21 nitrogen and oxygen atoms in total. The fraction of sp³-hybridized carbons (Fsp3) is 0.114. The van der Waals surface area contributed by atoms with Gasteiger partial charge in [0.2, 0.25) is 17.8 Å². The highest BCUT2D eigenvalue weighted by Gasteiger charge is 2.15. The van der Waals surface area contributed by atoms with E-state index < -0.39 is 23.9 Å². The largest absolute Gasteiger partial charge is 0.494 e. The molecule has 3 aromatic carbocycles. The van der Waals surface area contributed by atoms with Crippen LogP contribution in [0.4, 0.5) is 46.3 Å². The van der Waals surface area contributed by atoms with Crippen molar-refractivity contribution >= 4 is 70.2 Å². The van der Waals surface area contributed by atoms with E-state index in [9.17, 15) is 39.6 Å². The zero-order valence-electron chi connectivity index (χ0n) is 29.4. The molecule has 0 atom stereocenters. The first-order chi connectivity index (χ1) is 26.8. The van der Waals surface area contributed by atoms with Crippen LogP contribution < -0.4 is 25.4 Å². The summed E-state index contributed by atoms with van der Waals surface area (Å²) in [6.45, 7) is 3.52. The predicted octanol–water partition coefficient (Wildman–Crippen LogP) is 5.84. The zero-order valence-corrected chi connectivity index (χ0v) is 29.4. The van der Waals surface area contributed by atoms with Gasteiger partial charge in [-0.15, -0.1) is 0 Å². The Hall–Kier alpha value is -8.07. The molecule has 0 saturated heterocycles. The Kier molecular flexibility index (Phi) is 13.9. The van der Waals surface area contributed by atoms with Crippen molar-refractivity contribution in [1.29, 1.82) is 0 Å². The number of aromatic nitrogens is 3. The lowest BCUT2D eigenvalue weighted by molar-refractivity contribution is -0.132. The Morgan fingerprint density at radius 1 is 0.714 bits per heavy atom. The van der Waals surface area contributed by atoms with Crippen molar-refractivity contribution in [2.75, 3.05) is 43.3 Å². The molecule has 0 aliphatic carbocycles. The van der Waals surface area contributed by atoms with E-state index >= 15 is 0 Å². The van der Waals surface area contributed by atoms with Gasteiger partial charge >= 0.3 is 23.9 Å². The number of carboxylic acid groups (broad SMARTS) is 4. The van der Waals surface area contributed by atoms with E-state index in [1.807, 2.05) is 0 Å². The van der Waals surface area contributed by atoms with Gasteiger partial charge in [-0.25, -0.2) is 19.2 Å². The highest BCUT2D eigenvalue weighted by atomic mass is 16.5. The summed E-state index contributed by atoms with van der Waals surface area (Å²) in [5, 5.41) is 71.0. The number of nitrogens with one attached hydrogen (secondary N) is 3. The lowest BCUT2D eigenvalue weighted by Gasteiger charge is -2.14. The van der Waals surface area contributed by atoms with Gasteiger partial charge in [-0.1, -0.05) is 6.58 Å². The number of carboxylic acids is 4. The highest BCUT2D eigenvalue weighted by Crippen LogP contribution is 2.34. The molecule has 1 heterocycles. The van der Waals surface area contributed by atoms with Crippen molar-refractivity contribution in [3.63, 3.8) is 0 Å². The molecule has 0 aliphatic heterocycles. The van der Waals surface area contributed by atoms with E-state index in [1.54, 1.807) is 24.3 Å². The molecule has 0 bridgehead atoms. The maximum Gasteiger partial charge on any atom is 0.335 e. The van der Waals surface area contributed by atoms with Crippen molar-refractivity contribution in [3.05, 3.63) is 102 Å². The van der Waals surface area contributed by atoms with Gasteiger partial charge < -0.3 is 51.0 Å². The molecule has 56 heavy (non-hydrogen) atoms. The molecule has 0 fully saturated rings. The highest BCUT2D eigenvalue weighted by molar-refractivity contribution is 5.95. The van der Waals surface area contributed by atoms with Crippen molar-refractivity contribution in [2.24, 2.45) is 20.5 Å². The number of aliphatic carboxylic acids is 2. The third kappa shape index (κ3) is 11.7. The monoisotopic (exact) mass is 768 g/mol.